The quantitative estimate of drug-likeness (QED) is 0.316. The van der Waals surface area contributed by atoms with Gasteiger partial charge in [0.05, 0.1) is 24.7 Å². The van der Waals surface area contributed by atoms with Gasteiger partial charge in [-0.05, 0) is 57.0 Å². The molecule has 3 saturated heterocycles. The van der Waals surface area contributed by atoms with Crippen LogP contribution >= 0.6 is 18.7 Å². The van der Waals surface area contributed by atoms with Crippen molar-refractivity contribution in [1.82, 2.24) is 19.8 Å². The second kappa shape index (κ2) is 12.8. The molecular weight excluding hydrogens is 569 g/mol. The number of anilines is 5. The number of nitrogens with one attached hydrogen (secondary N) is 2. The topological polar surface area (TPSA) is 85.9 Å². The Morgan fingerprint density at radius 2 is 1.69 bits per heavy atom. The van der Waals surface area contributed by atoms with Crippen molar-refractivity contribution in [2.24, 2.45) is 0 Å². The van der Waals surface area contributed by atoms with Crippen LogP contribution < -0.4 is 25.6 Å². The molecule has 1 aromatic heterocycles. The summed E-state index contributed by atoms with van der Waals surface area (Å²) in [4.78, 5) is 16.6. The molecule has 2 aromatic carbocycles. The van der Waals surface area contributed by atoms with Crippen molar-refractivity contribution in [2.45, 2.75) is 31.7 Å². The van der Waals surface area contributed by atoms with Crippen molar-refractivity contribution in [3.63, 3.8) is 0 Å². The normalized spacial score (nSPS) is 20.0. The number of hydrogen-bond donors (Lipinski definition) is 2. The first-order valence-electron chi connectivity index (χ1n) is 15.0. The summed E-state index contributed by atoms with van der Waals surface area (Å²) < 4.78 is 19.4. The predicted molar refractivity (Wildman–Crippen MR) is 174 cm³/mol. The van der Waals surface area contributed by atoms with Crippen LogP contribution in [0.25, 0.3) is 0 Å². The Kier molecular flexibility index (Phi) is 8.91. The lowest BCUT2D eigenvalue weighted by molar-refractivity contribution is 0.0982. The highest BCUT2D eigenvalue weighted by Crippen LogP contribution is 2.52. The lowest BCUT2D eigenvalue weighted by Gasteiger charge is -2.42. The lowest BCUT2D eigenvalue weighted by atomic mass is 10.0. The molecule has 0 aliphatic carbocycles. The lowest BCUT2D eigenvalue weighted by Crippen LogP contribution is -2.52. The van der Waals surface area contributed by atoms with Crippen LogP contribution in [0.3, 0.4) is 0 Å². The van der Waals surface area contributed by atoms with E-state index in [4.69, 9.17) is 16.3 Å². The molecule has 11 heteroatoms. The average Bonchev–Trinajstić information content (AvgIpc) is 3.47. The van der Waals surface area contributed by atoms with E-state index in [0.717, 1.165) is 79.5 Å². The van der Waals surface area contributed by atoms with Gasteiger partial charge in [0.2, 0.25) is 5.95 Å². The standard InChI is InChI=1S/C31H41ClN7O2P/c1-37-15-17-39(18-16-37)23-11-13-38(14-12-23)24-9-10-26(28(21-24)41-2)35-31-33-22-25(32)30(36-31)34-27-7-3-4-8-29(27)42(40)19-5-6-20-42/h3-4,7-10,21-23H,5-6,11-20H2,1-2H3,(H2,33,34,35,36). The van der Waals surface area contributed by atoms with Gasteiger partial charge in [-0.25, -0.2) is 4.98 Å². The molecule has 6 rings (SSSR count). The van der Waals surface area contributed by atoms with Crippen molar-refractivity contribution in [3.8, 4) is 5.75 Å². The van der Waals surface area contributed by atoms with Gasteiger partial charge >= 0.3 is 0 Å². The van der Waals surface area contributed by atoms with Crippen LogP contribution in [0.1, 0.15) is 25.7 Å². The zero-order valence-corrected chi connectivity index (χ0v) is 26.2. The van der Waals surface area contributed by atoms with Gasteiger partial charge < -0.3 is 29.7 Å². The van der Waals surface area contributed by atoms with Gasteiger partial charge in [0, 0.05) is 74.7 Å². The molecule has 3 aliphatic heterocycles. The predicted octanol–water partition coefficient (Wildman–Crippen LogP) is 5.62. The van der Waals surface area contributed by atoms with E-state index in [9.17, 15) is 4.57 Å². The molecule has 224 valence electrons. The highest BCUT2D eigenvalue weighted by atomic mass is 35.5. The molecule has 3 aromatic rings. The number of aromatic nitrogens is 2. The molecular formula is C31H41ClN7O2P. The smallest absolute Gasteiger partial charge is 0.229 e. The van der Waals surface area contributed by atoms with Crippen LogP contribution in [0.4, 0.5) is 28.8 Å². The minimum atomic E-state index is -2.41. The fourth-order valence-corrected chi connectivity index (χ4v) is 9.68. The van der Waals surface area contributed by atoms with Crippen LogP contribution in [-0.2, 0) is 4.57 Å². The monoisotopic (exact) mass is 609 g/mol. The maximum absolute atomic E-state index is 13.6. The molecule has 0 radical (unpaired) electrons. The molecule has 4 heterocycles. The summed E-state index contributed by atoms with van der Waals surface area (Å²) in [5.74, 6) is 1.59. The molecule has 0 amide bonds. The first-order chi connectivity index (χ1) is 20.4. The first-order valence-corrected chi connectivity index (χ1v) is 17.5. The van der Waals surface area contributed by atoms with Crippen molar-refractivity contribution in [3.05, 3.63) is 53.7 Å². The summed E-state index contributed by atoms with van der Waals surface area (Å²) in [7, 11) is 1.48. The molecule has 9 nitrogen and oxygen atoms in total. The molecule has 0 bridgehead atoms. The number of para-hydroxylation sites is 1. The Balaban J connectivity index is 1.14. The number of likely N-dealkylation sites (N-methyl/N-ethyl adjacent to an activating group) is 1. The SMILES string of the molecule is COc1cc(N2CCC(N3CCN(C)CC3)CC2)ccc1Nc1ncc(Cl)c(Nc2ccccc2P2(=O)CCCC2)n1. The zero-order valence-electron chi connectivity index (χ0n) is 24.6. The number of piperidine rings is 1. The van der Waals surface area contributed by atoms with E-state index in [2.05, 4.69) is 54.5 Å². The highest BCUT2D eigenvalue weighted by Gasteiger charge is 2.31. The fraction of sp³-hybridized carbons (Fsp3) is 0.484. The number of hydrogen-bond acceptors (Lipinski definition) is 9. The molecule has 0 atom stereocenters. The summed E-state index contributed by atoms with van der Waals surface area (Å²) in [5, 5.41) is 7.91. The Morgan fingerprint density at radius 3 is 2.43 bits per heavy atom. The molecule has 3 aliphatic rings. The molecule has 0 spiro atoms. The number of nitrogens with zero attached hydrogens (tertiary/aromatic N) is 5. The highest BCUT2D eigenvalue weighted by molar-refractivity contribution is 7.72. The number of benzene rings is 2. The van der Waals surface area contributed by atoms with Gasteiger partial charge in [-0.1, -0.05) is 23.7 Å². The fourth-order valence-electron chi connectivity index (χ4n) is 6.44. The second-order valence-corrected chi connectivity index (χ2v) is 15.2. The second-order valence-electron chi connectivity index (χ2n) is 11.6. The number of rotatable bonds is 8. The Labute approximate surface area is 254 Å². The van der Waals surface area contributed by atoms with E-state index in [0.29, 0.717) is 22.8 Å². The van der Waals surface area contributed by atoms with E-state index in [1.807, 2.05) is 30.3 Å². The third kappa shape index (κ3) is 6.40. The number of halogens is 1. The van der Waals surface area contributed by atoms with Crippen molar-refractivity contribution >= 4 is 52.9 Å². The Bertz CT molecular complexity index is 1430. The van der Waals surface area contributed by atoms with Gasteiger partial charge in [0.15, 0.2) is 5.82 Å². The summed E-state index contributed by atoms with van der Waals surface area (Å²) in [6.45, 7) is 6.75. The maximum Gasteiger partial charge on any atom is 0.229 e. The molecule has 3 fully saturated rings. The third-order valence-electron chi connectivity index (χ3n) is 8.94. The van der Waals surface area contributed by atoms with Gasteiger partial charge in [-0.15, -0.1) is 0 Å². The van der Waals surface area contributed by atoms with Crippen LogP contribution in [0.2, 0.25) is 5.02 Å². The van der Waals surface area contributed by atoms with Crippen LogP contribution in [-0.4, -0.2) is 91.6 Å². The largest absolute Gasteiger partial charge is 0.494 e. The minimum absolute atomic E-state index is 0.391. The van der Waals surface area contributed by atoms with Crippen LogP contribution in [0.5, 0.6) is 5.75 Å². The number of piperazine rings is 1. The van der Waals surface area contributed by atoms with E-state index in [-0.39, 0.29) is 0 Å². The van der Waals surface area contributed by atoms with Gasteiger partial charge in [-0.2, -0.15) is 4.98 Å². The van der Waals surface area contributed by atoms with E-state index < -0.39 is 7.14 Å². The zero-order chi connectivity index (χ0) is 29.1. The van der Waals surface area contributed by atoms with Crippen LogP contribution in [0, 0.1) is 0 Å². The summed E-state index contributed by atoms with van der Waals surface area (Å²) in [5.41, 5.74) is 2.72. The van der Waals surface area contributed by atoms with Crippen molar-refractivity contribution in [2.75, 3.05) is 81.3 Å². The van der Waals surface area contributed by atoms with E-state index in [1.54, 1.807) is 13.3 Å². The third-order valence-corrected chi connectivity index (χ3v) is 12.6. The average molecular weight is 610 g/mol. The molecule has 0 saturated carbocycles. The van der Waals surface area contributed by atoms with E-state index >= 15 is 0 Å². The summed E-state index contributed by atoms with van der Waals surface area (Å²) >= 11 is 6.51. The van der Waals surface area contributed by atoms with Gasteiger partial charge in [0.1, 0.15) is 17.9 Å². The molecule has 2 N–H and O–H groups in total. The van der Waals surface area contributed by atoms with Gasteiger partial charge in [0.25, 0.3) is 0 Å². The first kappa shape index (κ1) is 29.2. The van der Waals surface area contributed by atoms with E-state index in [1.165, 1.54) is 25.9 Å². The maximum atomic E-state index is 13.6. The van der Waals surface area contributed by atoms with Crippen molar-refractivity contribution < 1.29 is 9.30 Å². The molecule has 42 heavy (non-hydrogen) atoms. The number of methoxy groups -OCH3 is 1. The Morgan fingerprint density at radius 1 is 0.952 bits per heavy atom. The van der Waals surface area contributed by atoms with Gasteiger partial charge in [-0.3, -0.25) is 4.90 Å². The summed E-state index contributed by atoms with van der Waals surface area (Å²) in [6, 6.07) is 14.7. The molecule has 0 unspecified atom stereocenters. The van der Waals surface area contributed by atoms with Crippen LogP contribution in [0.15, 0.2) is 48.7 Å². The minimum Gasteiger partial charge on any atom is -0.494 e. The summed E-state index contributed by atoms with van der Waals surface area (Å²) in [6.07, 6.45) is 7.44. The Hall–Kier alpha value is -2.84. The van der Waals surface area contributed by atoms with Crippen molar-refractivity contribution in [1.29, 1.82) is 0 Å². The number of ether oxygens (including phenoxy) is 1.